The molecule has 20 heavy (non-hydrogen) atoms. The first-order valence-corrected chi connectivity index (χ1v) is 7.53. The van der Waals surface area contributed by atoms with Crippen LogP contribution in [-0.2, 0) is 6.42 Å². The Morgan fingerprint density at radius 2 is 1.75 bits per heavy atom. The van der Waals surface area contributed by atoms with Crippen molar-refractivity contribution in [2.45, 2.75) is 38.2 Å². The Labute approximate surface area is 121 Å². The molecule has 0 spiro atoms. The Morgan fingerprint density at radius 3 is 2.50 bits per heavy atom. The molecule has 2 aromatic rings. The summed E-state index contributed by atoms with van der Waals surface area (Å²) in [5, 5.41) is 10.4. The fourth-order valence-corrected chi connectivity index (χ4v) is 3.13. The molecule has 0 amide bonds. The Morgan fingerprint density at radius 1 is 1.05 bits per heavy atom. The van der Waals surface area contributed by atoms with E-state index in [1.54, 1.807) is 0 Å². The second-order valence-electron chi connectivity index (χ2n) is 5.95. The SMILES string of the molecule is Cc1ccccc1CCC(O)C1CC1c1ccccc1. The van der Waals surface area contributed by atoms with Crippen molar-refractivity contribution in [3.8, 4) is 0 Å². The number of benzene rings is 2. The smallest absolute Gasteiger partial charge is 0.0577 e. The quantitative estimate of drug-likeness (QED) is 0.864. The lowest BCUT2D eigenvalue weighted by Gasteiger charge is -2.11. The predicted octanol–water partition coefficient (Wildman–Crippen LogP) is 4.09. The fourth-order valence-electron chi connectivity index (χ4n) is 3.13. The Bertz CT molecular complexity index is 561. The van der Waals surface area contributed by atoms with Crippen LogP contribution >= 0.6 is 0 Å². The molecule has 0 saturated heterocycles. The summed E-state index contributed by atoms with van der Waals surface area (Å²) in [7, 11) is 0. The first kappa shape index (κ1) is 13.4. The van der Waals surface area contributed by atoms with Gasteiger partial charge in [-0.25, -0.2) is 0 Å². The average Bonchev–Trinajstić information content (AvgIpc) is 3.28. The summed E-state index contributed by atoms with van der Waals surface area (Å²) in [5.41, 5.74) is 4.08. The third-order valence-electron chi connectivity index (χ3n) is 4.53. The van der Waals surface area contributed by atoms with E-state index >= 15 is 0 Å². The van der Waals surface area contributed by atoms with Crippen LogP contribution < -0.4 is 0 Å². The molecule has 1 saturated carbocycles. The molecule has 1 aliphatic rings. The number of aryl methyl sites for hydroxylation is 2. The van der Waals surface area contributed by atoms with E-state index in [1.807, 2.05) is 0 Å². The van der Waals surface area contributed by atoms with Crippen LogP contribution in [0.2, 0.25) is 0 Å². The molecule has 3 unspecified atom stereocenters. The van der Waals surface area contributed by atoms with Gasteiger partial charge in [-0.3, -0.25) is 0 Å². The molecular formula is C19H22O. The van der Waals surface area contributed by atoms with Gasteiger partial charge in [-0.15, -0.1) is 0 Å². The molecule has 3 atom stereocenters. The van der Waals surface area contributed by atoms with Crippen LogP contribution in [0.15, 0.2) is 54.6 Å². The Kier molecular flexibility index (Phi) is 3.88. The summed E-state index contributed by atoms with van der Waals surface area (Å²) in [6.45, 7) is 2.14. The molecular weight excluding hydrogens is 244 g/mol. The molecule has 0 radical (unpaired) electrons. The van der Waals surface area contributed by atoms with Crippen LogP contribution in [-0.4, -0.2) is 11.2 Å². The van der Waals surface area contributed by atoms with Crippen molar-refractivity contribution in [2.75, 3.05) is 0 Å². The zero-order chi connectivity index (χ0) is 13.9. The van der Waals surface area contributed by atoms with Gasteiger partial charge in [0, 0.05) is 0 Å². The van der Waals surface area contributed by atoms with E-state index in [2.05, 4.69) is 61.5 Å². The highest BCUT2D eigenvalue weighted by molar-refractivity contribution is 5.27. The van der Waals surface area contributed by atoms with Crippen molar-refractivity contribution >= 4 is 0 Å². The normalized spacial score (nSPS) is 22.5. The van der Waals surface area contributed by atoms with Gasteiger partial charge in [-0.2, -0.15) is 0 Å². The van der Waals surface area contributed by atoms with Gasteiger partial charge in [0.15, 0.2) is 0 Å². The monoisotopic (exact) mass is 266 g/mol. The molecule has 0 aliphatic heterocycles. The molecule has 1 aliphatic carbocycles. The summed E-state index contributed by atoms with van der Waals surface area (Å²) in [4.78, 5) is 0. The second kappa shape index (κ2) is 5.80. The summed E-state index contributed by atoms with van der Waals surface area (Å²) in [6.07, 6.45) is 2.82. The van der Waals surface area contributed by atoms with E-state index in [4.69, 9.17) is 0 Å². The highest BCUT2D eigenvalue weighted by Crippen LogP contribution is 2.50. The van der Waals surface area contributed by atoms with Gasteiger partial charge in [-0.1, -0.05) is 54.6 Å². The largest absolute Gasteiger partial charge is 0.393 e. The third-order valence-corrected chi connectivity index (χ3v) is 4.53. The molecule has 0 aromatic heterocycles. The van der Waals surface area contributed by atoms with Crippen molar-refractivity contribution in [2.24, 2.45) is 5.92 Å². The van der Waals surface area contributed by atoms with Crippen molar-refractivity contribution in [3.05, 3.63) is 71.3 Å². The van der Waals surface area contributed by atoms with Crippen molar-refractivity contribution in [1.29, 1.82) is 0 Å². The van der Waals surface area contributed by atoms with Crippen LogP contribution in [0, 0.1) is 12.8 Å². The first-order valence-electron chi connectivity index (χ1n) is 7.53. The van der Waals surface area contributed by atoms with Crippen molar-refractivity contribution < 1.29 is 5.11 Å². The van der Waals surface area contributed by atoms with Gasteiger partial charge in [0.1, 0.15) is 0 Å². The van der Waals surface area contributed by atoms with Gasteiger partial charge >= 0.3 is 0 Å². The minimum atomic E-state index is -0.167. The number of aliphatic hydroxyl groups excluding tert-OH is 1. The molecule has 2 aromatic carbocycles. The van der Waals surface area contributed by atoms with Gasteiger partial charge in [-0.05, 0) is 54.7 Å². The van der Waals surface area contributed by atoms with Crippen LogP contribution in [0.4, 0.5) is 0 Å². The highest BCUT2D eigenvalue weighted by atomic mass is 16.3. The minimum Gasteiger partial charge on any atom is -0.393 e. The molecule has 3 rings (SSSR count). The maximum Gasteiger partial charge on any atom is 0.0577 e. The number of hydrogen-bond acceptors (Lipinski definition) is 1. The lowest BCUT2D eigenvalue weighted by molar-refractivity contribution is 0.139. The van der Waals surface area contributed by atoms with Gasteiger partial charge in [0.05, 0.1) is 6.10 Å². The highest BCUT2D eigenvalue weighted by Gasteiger charge is 2.42. The van der Waals surface area contributed by atoms with Gasteiger partial charge < -0.3 is 5.11 Å². The van der Waals surface area contributed by atoms with Crippen LogP contribution in [0.1, 0.15) is 35.4 Å². The fraction of sp³-hybridized carbons (Fsp3) is 0.368. The summed E-state index contributed by atoms with van der Waals surface area (Å²) < 4.78 is 0. The number of hydrogen-bond donors (Lipinski definition) is 1. The maximum atomic E-state index is 10.4. The zero-order valence-corrected chi connectivity index (χ0v) is 12.0. The first-order chi connectivity index (χ1) is 9.75. The third kappa shape index (κ3) is 2.94. The van der Waals surface area contributed by atoms with Crippen molar-refractivity contribution in [3.63, 3.8) is 0 Å². The van der Waals surface area contributed by atoms with Crippen LogP contribution in [0.25, 0.3) is 0 Å². The van der Waals surface area contributed by atoms with E-state index in [1.165, 1.54) is 16.7 Å². The Balaban J connectivity index is 1.54. The topological polar surface area (TPSA) is 20.2 Å². The molecule has 1 nitrogen and oxygen atoms in total. The van der Waals surface area contributed by atoms with Crippen LogP contribution in [0.3, 0.4) is 0 Å². The summed E-state index contributed by atoms with van der Waals surface area (Å²) in [5.74, 6) is 1.03. The van der Waals surface area contributed by atoms with E-state index in [-0.39, 0.29) is 6.10 Å². The van der Waals surface area contributed by atoms with Gasteiger partial charge in [0.2, 0.25) is 0 Å². The predicted molar refractivity (Wildman–Crippen MR) is 82.8 cm³/mol. The van der Waals surface area contributed by atoms with Crippen LogP contribution in [0.5, 0.6) is 0 Å². The number of aliphatic hydroxyl groups is 1. The minimum absolute atomic E-state index is 0.167. The van der Waals surface area contributed by atoms with E-state index in [9.17, 15) is 5.11 Å². The Hall–Kier alpha value is -1.60. The molecule has 0 bridgehead atoms. The lowest BCUT2D eigenvalue weighted by atomic mass is 9.99. The molecule has 104 valence electrons. The van der Waals surface area contributed by atoms with Gasteiger partial charge in [0.25, 0.3) is 0 Å². The average molecular weight is 266 g/mol. The van der Waals surface area contributed by atoms with E-state index in [0.717, 1.165) is 19.3 Å². The molecule has 1 N–H and O–H groups in total. The summed E-state index contributed by atoms with van der Waals surface area (Å²) >= 11 is 0. The number of rotatable bonds is 5. The van der Waals surface area contributed by atoms with Crippen molar-refractivity contribution in [1.82, 2.24) is 0 Å². The zero-order valence-electron chi connectivity index (χ0n) is 12.0. The summed E-state index contributed by atoms with van der Waals surface area (Å²) in [6, 6.07) is 19.1. The molecule has 1 heteroatoms. The molecule has 1 fully saturated rings. The second-order valence-corrected chi connectivity index (χ2v) is 5.95. The van der Waals surface area contributed by atoms with E-state index < -0.39 is 0 Å². The molecule has 0 heterocycles. The van der Waals surface area contributed by atoms with E-state index in [0.29, 0.717) is 11.8 Å². The standard InChI is InChI=1S/C19H22O/c1-14-7-5-6-8-15(14)11-12-19(20)18-13-17(18)16-9-3-2-4-10-16/h2-10,17-20H,11-13H2,1H3. The maximum absolute atomic E-state index is 10.4. The lowest BCUT2D eigenvalue weighted by Crippen LogP contribution is -2.12.